The van der Waals surface area contributed by atoms with Gasteiger partial charge in [0.2, 0.25) is 5.96 Å². The number of nitrogens with two attached hydrogens (primary N) is 3. The molecule has 0 bridgehead atoms. The van der Waals surface area contributed by atoms with Crippen molar-refractivity contribution in [2.75, 3.05) is 0 Å². The van der Waals surface area contributed by atoms with Gasteiger partial charge >= 0.3 is 5.97 Å². The highest BCUT2D eigenvalue weighted by Gasteiger charge is 2.13. The first kappa shape index (κ1) is 13.9. The van der Waals surface area contributed by atoms with Crippen molar-refractivity contribution in [2.24, 2.45) is 27.2 Å². The van der Waals surface area contributed by atoms with Crippen molar-refractivity contribution in [1.82, 2.24) is 0 Å². The number of hydrogen-bond donors (Lipinski definition) is 4. The molecule has 0 radical (unpaired) electrons. The SMILES string of the molecule is NC(N)=NC(N)=Nc1cc(Br)c(C(=O)O)cc1F. The molecule has 0 spiro atoms. The van der Waals surface area contributed by atoms with Crippen LogP contribution in [0.2, 0.25) is 0 Å². The Kier molecular flexibility index (Phi) is 4.21. The number of guanidine groups is 2. The van der Waals surface area contributed by atoms with Crippen molar-refractivity contribution in [3.05, 3.63) is 28.0 Å². The molecule has 1 aromatic rings. The van der Waals surface area contributed by atoms with Crippen LogP contribution in [0.1, 0.15) is 10.4 Å². The van der Waals surface area contributed by atoms with Crippen molar-refractivity contribution >= 4 is 39.5 Å². The minimum absolute atomic E-state index is 0.160. The number of hydrogen-bond acceptors (Lipinski definition) is 2. The van der Waals surface area contributed by atoms with Gasteiger partial charge in [-0.15, -0.1) is 0 Å². The lowest BCUT2D eigenvalue weighted by molar-refractivity contribution is 0.0695. The molecule has 96 valence electrons. The summed E-state index contributed by atoms with van der Waals surface area (Å²) in [5, 5.41) is 8.77. The highest BCUT2D eigenvalue weighted by atomic mass is 79.9. The number of aromatic carboxylic acids is 1. The van der Waals surface area contributed by atoms with Gasteiger partial charge in [-0.25, -0.2) is 14.2 Å². The van der Waals surface area contributed by atoms with Crippen LogP contribution in [0.25, 0.3) is 0 Å². The molecule has 0 heterocycles. The van der Waals surface area contributed by atoms with Crippen LogP contribution in [0.3, 0.4) is 0 Å². The summed E-state index contributed by atoms with van der Waals surface area (Å²) in [6.45, 7) is 0. The smallest absolute Gasteiger partial charge is 0.336 e. The van der Waals surface area contributed by atoms with E-state index < -0.39 is 11.8 Å². The molecular formula is C9H9BrFN5O2. The summed E-state index contributed by atoms with van der Waals surface area (Å²) in [6.07, 6.45) is 0. The van der Waals surface area contributed by atoms with Crippen molar-refractivity contribution in [3.8, 4) is 0 Å². The first-order valence-electron chi connectivity index (χ1n) is 4.47. The van der Waals surface area contributed by atoms with E-state index in [0.29, 0.717) is 0 Å². The monoisotopic (exact) mass is 317 g/mol. The fraction of sp³-hybridized carbons (Fsp3) is 0. The first-order valence-corrected chi connectivity index (χ1v) is 5.26. The van der Waals surface area contributed by atoms with Gasteiger partial charge in [-0.1, -0.05) is 0 Å². The van der Waals surface area contributed by atoms with E-state index in [4.69, 9.17) is 22.3 Å². The summed E-state index contributed by atoms with van der Waals surface area (Å²) >= 11 is 2.98. The van der Waals surface area contributed by atoms with E-state index >= 15 is 0 Å². The van der Waals surface area contributed by atoms with Gasteiger partial charge in [0.25, 0.3) is 0 Å². The summed E-state index contributed by atoms with van der Waals surface area (Å²) in [5.41, 5.74) is 15.0. The Morgan fingerprint density at radius 3 is 2.44 bits per heavy atom. The number of benzene rings is 1. The molecule has 0 atom stereocenters. The van der Waals surface area contributed by atoms with E-state index in [-0.39, 0.29) is 27.6 Å². The van der Waals surface area contributed by atoms with Gasteiger partial charge in [0.15, 0.2) is 5.96 Å². The third-order valence-electron chi connectivity index (χ3n) is 1.75. The van der Waals surface area contributed by atoms with Gasteiger partial charge in [0, 0.05) is 4.47 Å². The summed E-state index contributed by atoms with van der Waals surface area (Å²) in [5.74, 6) is -2.79. The molecule has 9 heteroatoms. The van der Waals surface area contributed by atoms with Crippen LogP contribution in [-0.2, 0) is 0 Å². The molecule has 0 aliphatic rings. The number of carbonyl (C=O) groups is 1. The molecule has 18 heavy (non-hydrogen) atoms. The third-order valence-corrected chi connectivity index (χ3v) is 2.40. The Morgan fingerprint density at radius 2 is 1.94 bits per heavy atom. The Morgan fingerprint density at radius 1 is 1.33 bits per heavy atom. The standard InChI is InChI=1S/C9H9BrFN5O2/c10-4-2-6(15-9(14)16-8(12)13)5(11)1-3(4)7(17)18/h1-2H,(H,17,18)(H6,12,13,14,15,16). The van der Waals surface area contributed by atoms with E-state index in [1.807, 2.05) is 0 Å². The van der Waals surface area contributed by atoms with E-state index in [0.717, 1.165) is 12.1 Å². The zero-order valence-corrected chi connectivity index (χ0v) is 10.5. The molecule has 1 aromatic carbocycles. The van der Waals surface area contributed by atoms with Crippen LogP contribution in [0.4, 0.5) is 10.1 Å². The quantitative estimate of drug-likeness (QED) is 0.464. The molecular weight excluding hydrogens is 309 g/mol. The number of nitrogens with zero attached hydrogens (tertiary/aromatic N) is 2. The molecule has 0 amide bonds. The molecule has 0 unspecified atom stereocenters. The lowest BCUT2D eigenvalue weighted by Crippen LogP contribution is -2.26. The van der Waals surface area contributed by atoms with Crippen molar-refractivity contribution in [1.29, 1.82) is 0 Å². The Hall–Kier alpha value is -2.16. The van der Waals surface area contributed by atoms with Crippen LogP contribution >= 0.6 is 15.9 Å². The van der Waals surface area contributed by atoms with E-state index in [2.05, 4.69) is 25.9 Å². The van der Waals surface area contributed by atoms with Gasteiger partial charge in [-0.05, 0) is 28.1 Å². The summed E-state index contributed by atoms with van der Waals surface area (Å²) in [7, 11) is 0. The molecule has 7 N–H and O–H groups in total. The minimum Gasteiger partial charge on any atom is -0.478 e. The highest BCUT2D eigenvalue weighted by Crippen LogP contribution is 2.27. The maximum absolute atomic E-state index is 13.5. The van der Waals surface area contributed by atoms with Gasteiger partial charge in [-0.2, -0.15) is 4.99 Å². The topological polar surface area (TPSA) is 140 Å². The van der Waals surface area contributed by atoms with Crippen molar-refractivity contribution in [3.63, 3.8) is 0 Å². The molecule has 0 aliphatic carbocycles. The normalized spacial score (nSPS) is 11.1. The van der Waals surface area contributed by atoms with E-state index in [1.54, 1.807) is 0 Å². The molecule has 0 saturated heterocycles. The van der Waals surface area contributed by atoms with Crippen LogP contribution in [0.15, 0.2) is 26.6 Å². The second-order valence-corrected chi connectivity index (χ2v) is 3.95. The minimum atomic E-state index is -1.27. The summed E-state index contributed by atoms with van der Waals surface area (Å²) in [4.78, 5) is 17.8. The lowest BCUT2D eigenvalue weighted by atomic mass is 10.2. The fourth-order valence-corrected chi connectivity index (χ4v) is 1.57. The lowest BCUT2D eigenvalue weighted by Gasteiger charge is -2.03. The predicted molar refractivity (Wildman–Crippen MR) is 68.2 cm³/mol. The number of rotatable bonds is 2. The van der Waals surface area contributed by atoms with Gasteiger partial charge in [0.1, 0.15) is 11.5 Å². The molecule has 1 rings (SSSR count). The van der Waals surface area contributed by atoms with Crippen LogP contribution < -0.4 is 17.2 Å². The van der Waals surface area contributed by atoms with Crippen molar-refractivity contribution in [2.45, 2.75) is 0 Å². The first-order chi connectivity index (χ1) is 8.31. The molecule has 0 aromatic heterocycles. The van der Waals surface area contributed by atoms with E-state index in [1.165, 1.54) is 0 Å². The zero-order valence-electron chi connectivity index (χ0n) is 8.89. The van der Waals surface area contributed by atoms with Gasteiger partial charge < -0.3 is 22.3 Å². The third kappa shape index (κ3) is 3.42. The average Bonchev–Trinajstić information content (AvgIpc) is 2.21. The van der Waals surface area contributed by atoms with E-state index in [9.17, 15) is 9.18 Å². The Bertz CT molecular complexity index is 554. The molecule has 0 saturated carbocycles. The largest absolute Gasteiger partial charge is 0.478 e. The molecule has 7 nitrogen and oxygen atoms in total. The van der Waals surface area contributed by atoms with Gasteiger partial charge in [0.05, 0.1) is 5.56 Å². The predicted octanol–water partition coefficient (Wildman–Crippen LogP) is 0.506. The summed E-state index contributed by atoms with van der Waals surface area (Å²) < 4.78 is 13.7. The van der Waals surface area contributed by atoms with Gasteiger partial charge in [-0.3, -0.25) is 0 Å². The number of aliphatic imine (C=N–C) groups is 2. The molecule has 0 fully saturated rings. The maximum atomic E-state index is 13.5. The number of carboxylic acid groups (broad SMARTS) is 1. The summed E-state index contributed by atoms with van der Waals surface area (Å²) in [6, 6.07) is 1.97. The fourth-order valence-electron chi connectivity index (χ4n) is 1.07. The maximum Gasteiger partial charge on any atom is 0.336 e. The second kappa shape index (κ2) is 5.45. The number of carboxylic acids is 1. The Balaban J connectivity index is 3.25. The average molecular weight is 318 g/mol. The highest BCUT2D eigenvalue weighted by molar-refractivity contribution is 9.10. The van der Waals surface area contributed by atoms with Crippen LogP contribution in [0.5, 0.6) is 0 Å². The molecule has 0 aliphatic heterocycles. The second-order valence-electron chi connectivity index (χ2n) is 3.10. The van der Waals surface area contributed by atoms with Crippen LogP contribution in [0, 0.1) is 5.82 Å². The van der Waals surface area contributed by atoms with Crippen LogP contribution in [-0.4, -0.2) is 23.0 Å². The number of halogens is 2. The Labute approximate surface area is 109 Å². The van der Waals surface area contributed by atoms with Crippen molar-refractivity contribution < 1.29 is 14.3 Å². The zero-order chi connectivity index (χ0) is 13.9.